The van der Waals surface area contributed by atoms with Gasteiger partial charge in [0.1, 0.15) is 0 Å². The van der Waals surface area contributed by atoms with Crippen molar-refractivity contribution >= 4 is 11.9 Å². The first kappa shape index (κ1) is 14.9. The lowest BCUT2D eigenvalue weighted by Gasteiger charge is -2.22. The molecule has 0 saturated carbocycles. The van der Waals surface area contributed by atoms with Gasteiger partial charge in [0.25, 0.3) is 0 Å². The molecule has 0 saturated heterocycles. The zero-order chi connectivity index (χ0) is 12.8. The number of aliphatic carboxylic acids is 1. The van der Waals surface area contributed by atoms with Crippen molar-refractivity contribution in [3.8, 4) is 0 Å². The molecule has 1 unspecified atom stereocenters. The van der Waals surface area contributed by atoms with E-state index in [9.17, 15) is 9.59 Å². The van der Waals surface area contributed by atoms with E-state index < -0.39 is 17.6 Å². The van der Waals surface area contributed by atoms with Gasteiger partial charge in [0.2, 0.25) is 5.91 Å². The molecule has 0 aromatic rings. The minimum atomic E-state index is -1.45. The van der Waals surface area contributed by atoms with E-state index in [1.165, 1.54) is 0 Å². The van der Waals surface area contributed by atoms with Gasteiger partial charge in [-0.15, -0.1) is 0 Å². The number of nitrogens with two attached hydrogens (primary N) is 1. The fraction of sp³-hybridized carbons (Fsp3) is 0.800. The van der Waals surface area contributed by atoms with Gasteiger partial charge in [-0.2, -0.15) is 0 Å². The molecule has 0 aliphatic carbocycles. The molecular weight excluding hydrogens is 212 g/mol. The second-order valence-corrected chi connectivity index (χ2v) is 4.07. The standard InChI is InChI=1S/C10H20N2O4/c1-3-5-10(2,11)9(16)12-6-4-7(13)8(14)15/h7,13H,3-6,11H2,1-2H3,(H,12,16)(H,14,15)/t7-,10?/m0/s1. The first-order valence-electron chi connectivity index (χ1n) is 5.29. The van der Waals surface area contributed by atoms with Crippen LogP contribution < -0.4 is 11.1 Å². The SMILES string of the molecule is CCCC(C)(N)C(=O)NCC[C@H](O)C(=O)O. The van der Waals surface area contributed by atoms with Crippen molar-refractivity contribution in [3.05, 3.63) is 0 Å². The highest BCUT2D eigenvalue weighted by molar-refractivity contribution is 5.85. The minimum Gasteiger partial charge on any atom is -0.479 e. The molecule has 1 amide bonds. The number of hydrogen-bond acceptors (Lipinski definition) is 4. The fourth-order valence-electron chi connectivity index (χ4n) is 1.28. The van der Waals surface area contributed by atoms with Gasteiger partial charge in [-0.05, 0) is 13.3 Å². The molecule has 0 rings (SSSR count). The maximum atomic E-state index is 11.5. The molecule has 16 heavy (non-hydrogen) atoms. The molecule has 0 heterocycles. The summed E-state index contributed by atoms with van der Waals surface area (Å²) in [4.78, 5) is 21.8. The van der Waals surface area contributed by atoms with E-state index in [0.29, 0.717) is 6.42 Å². The van der Waals surface area contributed by atoms with E-state index in [0.717, 1.165) is 6.42 Å². The highest BCUT2D eigenvalue weighted by Gasteiger charge is 2.26. The monoisotopic (exact) mass is 232 g/mol. The normalized spacial score (nSPS) is 16.2. The summed E-state index contributed by atoms with van der Waals surface area (Å²) in [7, 11) is 0. The van der Waals surface area contributed by atoms with E-state index in [4.69, 9.17) is 15.9 Å². The summed E-state index contributed by atoms with van der Waals surface area (Å²) in [6.07, 6.45) is -0.127. The molecule has 0 aromatic carbocycles. The Labute approximate surface area is 94.8 Å². The second kappa shape index (κ2) is 6.44. The van der Waals surface area contributed by atoms with Crippen LogP contribution in [0.5, 0.6) is 0 Å². The maximum absolute atomic E-state index is 11.5. The molecule has 0 spiro atoms. The van der Waals surface area contributed by atoms with E-state index in [2.05, 4.69) is 5.32 Å². The van der Waals surface area contributed by atoms with Gasteiger partial charge in [-0.25, -0.2) is 4.79 Å². The minimum absolute atomic E-state index is 0.0245. The predicted octanol–water partition coefficient (Wildman–Crippen LogP) is -0.544. The number of carbonyl (C=O) groups is 2. The van der Waals surface area contributed by atoms with Gasteiger partial charge in [-0.1, -0.05) is 13.3 Å². The van der Waals surface area contributed by atoms with Crippen molar-refractivity contribution in [3.63, 3.8) is 0 Å². The van der Waals surface area contributed by atoms with Crippen LogP contribution >= 0.6 is 0 Å². The zero-order valence-corrected chi connectivity index (χ0v) is 9.69. The third kappa shape index (κ3) is 5.09. The smallest absolute Gasteiger partial charge is 0.332 e. The Bertz CT molecular complexity index is 253. The number of rotatable bonds is 7. The van der Waals surface area contributed by atoms with Gasteiger partial charge in [0, 0.05) is 13.0 Å². The number of carboxylic acids is 1. The van der Waals surface area contributed by atoms with Crippen LogP contribution in [0.4, 0.5) is 0 Å². The molecule has 6 heteroatoms. The number of carbonyl (C=O) groups excluding carboxylic acids is 1. The van der Waals surface area contributed by atoms with Crippen LogP contribution in [0, 0.1) is 0 Å². The van der Waals surface area contributed by atoms with Gasteiger partial charge in [0.05, 0.1) is 5.54 Å². The number of carboxylic acid groups (broad SMARTS) is 1. The molecule has 0 aliphatic rings. The van der Waals surface area contributed by atoms with Crippen LogP contribution in [0.2, 0.25) is 0 Å². The van der Waals surface area contributed by atoms with Crippen molar-refractivity contribution in [1.82, 2.24) is 5.32 Å². The molecule has 5 N–H and O–H groups in total. The number of aliphatic hydroxyl groups is 1. The van der Waals surface area contributed by atoms with Crippen molar-refractivity contribution in [1.29, 1.82) is 0 Å². The lowest BCUT2D eigenvalue weighted by Crippen LogP contribution is -2.52. The Morgan fingerprint density at radius 3 is 2.50 bits per heavy atom. The van der Waals surface area contributed by atoms with Crippen LogP contribution in [0.3, 0.4) is 0 Å². The summed E-state index contributed by atoms with van der Waals surface area (Å²) in [5, 5.41) is 19.9. The van der Waals surface area contributed by atoms with Gasteiger partial charge in [-0.3, -0.25) is 4.79 Å². The van der Waals surface area contributed by atoms with Crippen LogP contribution in [0.15, 0.2) is 0 Å². The summed E-state index contributed by atoms with van der Waals surface area (Å²) < 4.78 is 0. The van der Waals surface area contributed by atoms with Crippen LogP contribution in [0.1, 0.15) is 33.1 Å². The van der Waals surface area contributed by atoms with Crippen LogP contribution in [-0.2, 0) is 9.59 Å². The summed E-state index contributed by atoms with van der Waals surface area (Å²) in [5.41, 5.74) is 4.82. The lowest BCUT2D eigenvalue weighted by atomic mass is 9.96. The van der Waals surface area contributed by atoms with E-state index in [1.54, 1.807) is 6.92 Å². The summed E-state index contributed by atoms with van der Waals surface area (Å²) >= 11 is 0. The van der Waals surface area contributed by atoms with Crippen molar-refractivity contribution < 1.29 is 19.8 Å². The molecule has 0 aliphatic heterocycles. The van der Waals surface area contributed by atoms with E-state index in [-0.39, 0.29) is 18.9 Å². The molecule has 0 bridgehead atoms. The highest BCUT2D eigenvalue weighted by Crippen LogP contribution is 2.08. The second-order valence-electron chi connectivity index (χ2n) is 4.07. The molecule has 6 nitrogen and oxygen atoms in total. The predicted molar refractivity (Wildman–Crippen MR) is 58.8 cm³/mol. The first-order chi connectivity index (χ1) is 7.31. The number of nitrogens with one attached hydrogen (secondary N) is 1. The van der Waals surface area contributed by atoms with Gasteiger partial charge in [0.15, 0.2) is 6.10 Å². The van der Waals surface area contributed by atoms with Crippen molar-refractivity contribution in [2.75, 3.05) is 6.54 Å². The first-order valence-corrected chi connectivity index (χ1v) is 5.29. The summed E-state index contributed by atoms with van der Waals surface area (Å²) in [6, 6.07) is 0. The number of amides is 1. The molecule has 2 atom stereocenters. The topological polar surface area (TPSA) is 113 Å². The van der Waals surface area contributed by atoms with Crippen LogP contribution in [-0.4, -0.2) is 40.3 Å². The Morgan fingerprint density at radius 2 is 2.06 bits per heavy atom. The van der Waals surface area contributed by atoms with E-state index >= 15 is 0 Å². The Morgan fingerprint density at radius 1 is 1.50 bits per heavy atom. The molecule has 94 valence electrons. The van der Waals surface area contributed by atoms with Crippen molar-refractivity contribution in [2.45, 2.75) is 44.8 Å². The Kier molecular flexibility index (Phi) is 5.98. The lowest BCUT2D eigenvalue weighted by molar-refractivity contribution is -0.147. The quantitative estimate of drug-likeness (QED) is 0.470. The number of aliphatic hydroxyl groups excluding tert-OH is 1. The summed E-state index contributed by atoms with van der Waals surface area (Å²) in [5.74, 6) is -1.62. The molecule has 0 radical (unpaired) electrons. The zero-order valence-electron chi connectivity index (χ0n) is 9.69. The Hall–Kier alpha value is -1.14. The Balaban J connectivity index is 3.94. The molecule has 0 fully saturated rings. The van der Waals surface area contributed by atoms with Crippen LogP contribution in [0.25, 0.3) is 0 Å². The van der Waals surface area contributed by atoms with Gasteiger partial charge >= 0.3 is 5.97 Å². The van der Waals surface area contributed by atoms with Gasteiger partial charge < -0.3 is 21.3 Å². The van der Waals surface area contributed by atoms with E-state index in [1.807, 2.05) is 6.92 Å². The molecule has 0 aromatic heterocycles. The molecular formula is C10H20N2O4. The third-order valence-corrected chi connectivity index (χ3v) is 2.28. The summed E-state index contributed by atoms with van der Waals surface area (Å²) in [6.45, 7) is 3.65. The third-order valence-electron chi connectivity index (χ3n) is 2.28. The maximum Gasteiger partial charge on any atom is 0.332 e. The average molecular weight is 232 g/mol. The highest BCUT2D eigenvalue weighted by atomic mass is 16.4. The largest absolute Gasteiger partial charge is 0.479 e. The average Bonchev–Trinajstić information content (AvgIpc) is 2.16. The van der Waals surface area contributed by atoms with Crippen molar-refractivity contribution in [2.24, 2.45) is 5.73 Å². The number of hydrogen-bond donors (Lipinski definition) is 4. The fourth-order valence-corrected chi connectivity index (χ4v) is 1.28.